The van der Waals surface area contributed by atoms with Gasteiger partial charge in [-0.25, -0.2) is 0 Å². The number of nitro groups is 1. The molecule has 1 atom stereocenters. The van der Waals surface area contributed by atoms with Crippen LogP contribution in [0.2, 0.25) is 0 Å². The number of aliphatic imine (C=N–C) groups is 1. The van der Waals surface area contributed by atoms with Crippen molar-refractivity contribution in [2.45, 2.75) is 19.0 Å². The quantitative estimate of drug-likeness (QED) is 0.208. The van der Waals surface area contributed by atoms with Crippen LogP contribution in [0.25, 0.3) is 0 Å². The second kappa shape index (κ2) is 12.8. The van der Waals surface area contributed by atoms with Gasteiger partial charge in [0.2, 0.25) is 0 Å². The van der Waals surface area contributed by atoms with E-state index in [1.807, 2.05) is 0 Å². The highest BCUT2D eigenvalue weighted by molar-refractivity contribution is 6.06. The summed E-state index contributed by atoms with van der Waals surface area (Å²) < 4.78 is 0. The Morgan fingerprint density at radius 1 is 1.12 bits per heavy atom. The first kappa shape index (κ1) is 30.8. The van der Waals surface area contributed by atoms with Crippen molar-refractivity contribution in [3.05, 3.63) is 93.0 Å². The van der Waals surface area contributed by atoms with Crippen LogP contribution < -0.4 is 20.9 Å². The lowest BCUT2D eigenvalue weighted by Gasteiger charge is -2.27. The molecule has 0 radical (unpaired) electrons. The average Bonchev–Trinajstić information content (AvgIpc) is 3.59. The number of carbonyl (C=O) groups is 3. The Morgan fingerprint density at radius 2 is 1.84 bits per heavy atom. The molecule has 2 heterocycles. The van der Waals surface area contributed by atoms with E-state index in [-0.39, 0.29) is 30.5 Å². The number of benzene rings is 3. The Balaban J connectivity index is 0.00000423. The van der Waals surface area contributed by atoms with Gasteiger partial charge in [-0.15, -0.1) is 12.4 Å². The summed E-state index contributed by atoms with van der Waals surface area (Å²) in [5, 5.41) is 30.4. The molecule has 2 amide bonds. The maximum Gasteiger partial charge on any atom is 0.305 e. The number of amides is 2. The van der Waals surface area contributed by atoms with Crippen LogP contribution in [0, 0.1) is 10.1 Å². The van der Waals surface area contributed by atoms with Crippen LogP contribution in [0.1, 0.15) is 44.3 Å². The molecule has 14 heteroatoms. The fourth-order valence-corrected chi connectivity index (χ4v) is 5.03. The van der Waals surface area contributed by atoms with Gasteiger partial charge in [-0.05, 0) is 53.6 Å². The van der Waals surface area contributed by atoms with Gasteiger partial charge in [0.25, 0.3) is 17.5 Å². The smallest absolute Gasteiger partial charge is 0.305 e. The van der Waals surface area contributed by atoms with Crippen molar-refractivity contribution in [2.24, 2.45) is 4.99 Å². The number of anilines is 3. The zero-order valence-corrected chi connectivity index (χ0v) is 24.2. The number of fused-ring (bicyclic) bond motifs is 1. The number of carbonyl (C=O) groups excluding carboxylic acids is 2. The lowest BCUT2D eigenvalue weighted by atomic mass is 10.0. The third-order valence-corrected chi connectivity index (χ3v) is 7.09. The number of aliphatic carboxylic acids is 1. The van der Waals surface area contributed by atoms with E-state index in [4.69, 9.17) is 0 Å². The molecular weight excluding hydrogens is 578 g/mol. The van der Waals surface area contributed by atoms with Crippen molar-refractivity contribution in [1.29, 1.82) is 0 Å². The summed E-state index contributed by atoms with van der Waals surface area (Å²) in [5.74, 6) is -1.26. The minimum absolute atomic E-state index is 0. The molecular formula is C29H30ClN7O6. The molecule has 0 saturated heterocycles. The molecule has 0 aromatic heterocycles. The largest absolute Gasteiger partial charge is 0.481 e. The van der Waals surface area contributed by atoms with Crippen LogP contribution in [0.4, 0.5) is 22.7 Å². The van der Waals surface area contributed by atoms with Gasteiger partial charge in [0.15, 0.2) is 5.96 Å². The van der Waals surface area contributed by atoms with E-state index < -0.39 is 29.3 Å². The predicted octanol–water partition coefficient (Wildman–Crippen LogP) is 3.88. The molecule has 0 aliphatic carbocycles. The van der Waals surface area contributed by atoms with Gasteiger partial charge >= 0.3 is 5.97 Å². The van der Waals surface area contributed by atoms with E-state index in [0.29, 0.717) is 46.1 Å². The van der Waals surface area contributed by atoms with E-state index in [1.54, 1.807) is 73.6 Å². The first-order chi connectivity index (χ1) is 20.1. The Kier molecular flexibility index (Phi) is 9.15. The van der Waals surface area contributed by atoms with Crippen LogP contribution in [0.5, 0.6) is 0 Å². The Morgan fingerprint density at radius 3 is 2.47 bits per heavy atom. The van der Waals surface area contributed by atoms with Gasteiger partial charge in [-0.1, -0.05) is 12.1 Å². The first-order valence-electron chi connectivity index (χ1n) is 13.2. The molecule has 3 aromatic carbocycles. The first-order valence-corrected chi connectivity index (χ1v) is 13.2. The number of carboxylic acids is 1. The highest BCUT2D eigenvalue weighted by atomic mass is 35.5. The molecule has 0 spiro atoms. The number of hydrogen-bond donors (Lipinski definition) is 4. The van der Waals surface area contributed by atoms with E-state index in [2.05, 4.69) is 20.9 Å². The molecule has 1 unspecified atom stereocenters. The molecule has 43 heavy (non-hydrogen) atoms. The molecule has 2 aliphatic heterocycles. The summed E-state index contributed by atoms with van der Waals surface area (Å²) in [6.45, 7) is 1.60. The maximum absolute atomic E-state index is 13.5. The molecule has 5 rings (SSSR count). The Bertz CT molecular complexity index is 1610. The molecule has 0 fully saturated rings. The number of nitro benzene ring substituents is 1. The van der Waals surface area contributed by atoms with Gasteiger partial charge in [0, 0.05) is 55.8 Å². The summed E-state index contributed by atoms with van der Waals surface area (Å²) in [4.78, 5) is 56.7. The van der Waals surface area contributed by atoms with E-state index in [0.717, 1.165) is 12.2 Å². The Hall–Kier alpha value is -5.17. The number of nitrogens with one attached hydrogen (secondary N) is 3. The third-order valence-electron chi connectivity index (χ3n) is 7.09. The summed E-state index contributed by atoms with van der Waals surface area (Å²) in [6, 6.07) is 15.4. The van der Waals surface area contributed by atoms with Crippen molar-refractivity contribution < 1.29 is 24.4 Å². The number of rotatable bonds is 9. The highest BCUT2D eigenvalue weighted by Crippen LogP contribution is 2.38. The van der Waals surface area contributed by atoms with Crippen molar-refractivity contribution >= 4 is 58.9 Å². The predicted molar refractivity (Wildman–Crippen MR) is 164 cm³/mol. The van der Waals surface area contributed by atoms with Crippen LogP contribution in [-0.4, -0.2) is 65.9 Å². The molecule has 3 aromatic rings. The van der Waals surface area contributed by atoms with Gasteiger partial charge in [0.1, 0.15) is 5.69 Å². The topological polar surface area (TPSA) is 170 Å². The minimum Gasteiger partial charge on any atom is -0.481 e. The van der Waals surface area contributed by atoms with Crippen LogP contribution in [0.15, 0.2) is 65.7 Å². The fraction of sp³-hybridized carbons (Fsp3) is 0.241. The summed E-state index contributed by atoms with van der Waals surface area (Å²) in [7, 11) is 3.34. The Labute approximate surface area is 253 Å². The van der Waals surface area contributed by atoms with Crippen LogP contribution in [0.3, 0.4) is 0 Å². The lowest BCUT2D eigenvalue weighted by molar-refractivity contribution is -0.384. The fourth-order valence-electron chi connectivity index (χ4n) is 5.03. The third kappa shape index (κ3) is 6.67. The summed E-state index contributed by atoms with van der Waals surface area (Å²) in [5.41, 5.74) is 3.11. The summed E-state index contributed by atoms with van der Waals surface area (Å²) in [6.07, 6.45) is -0.434. The minimum atomic E-state index is -1.15. The van der Waals surface area contributed by atoms with E-state index in [1.165, 1.54) is 11.0 Å². The van der Waals surface area contributed by atoms with E-state index >= 15 is 0 Å². The zero-order chi connectivity index (χ0) is 30.0. The standard InChI is InChI=1S/C29H29N7O6.ClH/c1-34(2)23-10-6-18(13-25(23)36(41)42)24(15-26(37)38)35-16-19-5-9-21(14-22(19)28(35)40)32-27(39)17-3-7-20(8-4-17)33-29-30-11-12-31-29;/h3-10,13-14,24H,11-12,15-16H2,1-2H3,(H,32,39)(H,37,38)(H2,30,31,33);1H. The second-order valence-corrected chi connectivity index (χ2v) is 10.1. The molecule has 4 N–H and O–H groups in total. The number of guanidine groups is 1. The van der Waals surface area contributed by atoms with Gasteiger partial charge in [-0.3, -0.25) is 29.5 Å². The molecule has 13 nitrogen and oxygen atoms in total. The van der Waals surface area contributed by atoms with Crippen molar-refractivity contribution in [2.75, 3.05) is 42.7 Å². The van der Waals surface area contributed by atoms with Crippen LogP contribution >= 0.6 is 12.4 Å². The normalized spacial score (nSPS) is 14.1. The monoisotopic (exact) mass is 607 g/mol. The zero-order valence-electron chi connectivity index (χ0n) is 23.4. The number of halogens is 1. The van der Waals surface area contributed by atoms with Gasteiger partial charge in [-0.2, -0.15) is 0 Å². The SMILES string of the molecule is CN(C)c1ccc(C(CC(=O)O)N2Cc3ccc(NC(=O)c4ccc(NC5=NCCN5)cc4)cc3C2=O)cc1[N+](=O)[O-].Cl. The van der Waals surface area contributed by atoms with Gasteiger partial charge in [0.05, 0.1) is 23.9 Å². The molecule has 224 valence electrons. The van der Waals surface area contributed by atoms with Crippen LogP contribution in [-0.2, 0) is 11.3 Å². The maximum atomic E-state index is 13.5. The number of carboxylic acid groups (broad SMARTS) is 1. The lowest BCUT2D eigenvalue weighted by Crippen LogP contribution is -2.31. The molecule has 2 aliphatic rings. The number of hydrogen-bond acceptors (Lipinski definition) is 9. The van der Waals surface area contributed by atoms with Crippen molar-refractivity contribution in [1.82, 2.24) is 10.2 Å². The van der Waals surface area contributed by atoms with Crippen molar-refractivity contribution in [3.8, 4) is 0 Å². The highest BCUT2D eigenvalue weighted by Gasteiger charge is 2.36. The van der Waals surface area contributed by atoms with Crippen molar-refractivity contribution in [3.63, 3.8) is 0 Å². The summed E-state index contributed by atoms with van der Waals surface area (Å²) >= 11 is 0. The second-order valence-electron chi connectivity index (χ2n) is 10.1. The molecule has 0 bridgehead atoms. The average molecular weight is 608 g/mol. The number of nitrogens with zero attached hydrogens (tertiary/aromatic N) is 4. The van der Waals surface area contributed by atoms with E-state index in [9.17, 15) is 29.6 Å². The molecule has 0 saturated carbocycles. The van der Waals surface area contributed by atoms with Gasteiger partial charge < -0.3 is 30.9 Å².